The van der Waals surface area contributed by atoms with Gasteiger partial charge in [0.1, 0.15) is 0 Å². The Morgan fingerprint density at radius 1 is 1.37 bits per heavy atom. The van der Waals surface area contributed by atoms with Gasteiger partial charge in [-0.2, -0.15) is 0 Å². The zero-order valence-corrected chi connectivity index (χ0v) is 13.1. The second-order valence-corrected chi connectivity index (χ2v) is 8.03. The number of rotatable bonds is 4. The molecule has 4 atom stereocenters. The lowest BCUT2D eigenvalue weighted by atomic mass is 9.68. The number of hydrogen-bond donors (Lipinski definition) is 2. The molecule has 2 fully saturated rings. The number of hydrogen-bond acceptors (Lipinski definition) is 2. The van der Waals surface area contributed by atoms with E-state index in [1.54, 1.807) is 0 Å². The first-order chi connectivity index (χ1) is 8.67. The van der Waals surface area contributed by atoms with Crippen LogP contribution in [-0.4, -0.2) is 18.0 Å². The highest BCUT2D eigenvalue weighted by molar-refractivity contribution is 5.77. The maximum Gasteiger partial charge on any atom is 0.221 e. The Bertz CT molecular complexity index is 359. The molecule has 0 spiro atoms. The molecular weight excluding hydrogens is 236 g/mol. The standard InChI is InChI=1S/C16H30N2O/c1-10(2)12(17)8-13(19)18-14-15(3,4)11-6-7-16(14,5)9-11/h10-12,14H,6-9,17H2,1-5H3,(H,18,19). The van der Waals surface area contributed by atoms with Crippen molar-refractivity contribution in [1.82, 2.24) is 5.32 Å². The third kappa shape index (κ3) is 2.54. The van der Waals surface area contributed by atoms with Gasteiger partial charge in [0, 0.05) is 18.5 Å². The molecule has 3 N–H and O–H groups in total. The van der Waals surface area contributed by atoms with E-state index in [4.69, 9.17) is 5.73 Å². The van der Waals surface area contributed by atoms with Crippen molar-refractivity contribution < 1.29 is 4.79 Å². The lowest BCUT2D eigenvalue weighted by Crippen LogP contribution is -2.53. The Morgan fingerprint density at radius 3 is 2.47 bits per heavy atom. The van der Waals surface area contributed by atoms with Crippen LogP contribution in [0.5, 0.6) is 0 Å². The fourth-order valence-corrected chi connectivity index (χ4v) is 4.33. The van der Waals surface area contributed by atoms with Crippen LogP contribution in [0.15, 0.2) is 0 Å². The number of carbonyl (C=O) groups excluding carboxylic acids is 1. The molecular formula is C16H30N2O. The van der Waals surface area contributed by atoms with Crippen LogP contribution in [0.4, 0.5) is 0 Å². The predicted molar refractivity (Wildman–Crippen MR) is 78.6 cm³/mol. The minimum Gasteiger partial charge on any atom is -0.352 e. The highest BCUT2D eigenvalue weighted by Crippen LogP contribution is 2.62. The molecule has 3 nitrogen and oxygen atoms in total. The number of amides is 1. The topological polar surface area (TPSA) is 55.1 Å². The van der Waals surface area contributed by atoms with Crippen LogP contribution in [0.2, 0.25) is 0 Å². The molecule has 0 heterocycles. The Morgan fingerprint density at radius 2 is 2.00 bits per heavy atom. The maximum atomic E-state index is 12.2. The molecule has 1 amide bonds. The normalized spacial score (nSPS) is 37.6. The zero-order chi connectivity index (χ0) is 14.4. The molecule has 2 aliphatic carbocycles. The van der Waals surface area contributed by atoms with Crippen molar-refractivity contribution in [3.05, 3.63) is 0 Å². The van der Waals surface area contributed by atoms with E-state index in [0.29, 0.717) is 23.8 Å². The SMILES string of the molecule is CC(C)C(N)CC(=O)NC1C2(C)CCC(C2)C1(C)C. The lowest BCUT2D eigenvalue weighted by Gasteiger charge is -2.43. The van der Waals surface area contributed by atoms with Gasteiger partial charge in [0.2, 0.25) is 5.91 Å². The Kier molecular flexibility index (Phi) is 3.72. The van der Waals surface area contributed by atoms with E-state index in [9.17, 15) is 4.79 Å². The first-order valence-electron chi connectivity index (χ1n) is 7.72. The van der Waals surface area contributed by atoms with Crippen LogP contribution in [0, 0.1) is 22.7 Å². The zero-order valence-electron chi connectivity index (χ0n) is 13.1. The smallest absolute Gasteiger partial charge is 0.221 e. The average Bonchev–Trinajstić information content (AvgIpc) is 2.75. The first-order valence-corrected chi connectivity index (χ1v) is 7.72. The second-order valence-electron chi connectivity index (χ2n) is 8.03. The third-order valence-electron chi connectivity index (χ3n) is 5.85. The summed E-state index contributed by atoms with van der Waals surface area (Å²) in [7, 11) is 0. The van der Waals surface area contributed by atoms with Crippen LogP contribution in [0.25, 0.3) is 0 Å². The summed E-state index contributed by atoms with van der Waals surface area (Å²) in [5, 5.41) is 3.31. The molecule has 0 aromatic heterocycles. The fourth-order valence-electron chi connectivity index (χ4n) is 4.33. The van der Waals surface area contributed by atoms with Gasteiger partial charge in [-0.25, -0.2) is 0 Å². The quantitative estimate of drug-likeness (QED) is 0.822. The minimum atomic E-state index is -0.0329. The maximum absolute atomic E-state index is 12.2. The van der Waals surface area contributed by atoms with Crippen molar-refractivity contribution in [2.45, 2.75) is 72.4 Å². The molecule has 0 aliphatic heterocycles. The van der Waals surface area contributed by atoms with Crippen molar-refractivity contribution in [3.63, 3.8) is 0 Å². The average molecular weight is 266 g/mol. The summed E-state index contributed by atoms with van der Waals surface area (Å²) in [6.07, 6.45) is 4.29. The Labute approximate surface area is 117 Å². The van der Waals surface area contributed by atoms with E-state index in [1.165, 1.54) is 19.3 Å². The predicted octanol–water partition coefficient (Wildman–Crippen LogP) is 2.69. The lowest BCUT2D eigenvalue weighted by molar-refractivity contribution is -0.124. The van der Waals surface area contributed by atoms with Crippen molar-refractivity contribution in [2.24, 2.45) is 28.4 Å². The highest BCUT2D eigenvalue weighted by atomic mass is 16.1. The molecule has 0 aromatic carbocycles. The Hall–Kier alpha value is -0.570. The summed E-state index contributed by atoms with van der Waals surface area (Å²) >= 11 is 0. The molecule has 19 heavy (non-hydrogen) atoms. The van der Waals surface area contributed by atoms with Gasteiger partial charge in [0.25, 0.3) is 0 Å². The monoisotopic (exact) mass is 266 g/mol. The van der Waals surface area contributed by atoms with Crippen LogP contribution in [0.3, 0.4) is 0 Å². The van der Waals surface area contributed by atoms with Gasteiger partial charge in [-0.15, -0.1) is 0 Å². The summed E-state index contributed by atoms with van der Waals surface area (Å²) in [5.41, 5.74) is 6.53. The van der Waals surface area contributed by atoms with Crippen molar-refractivity contribution in [2.75, 3.05) is 0 Å². The Balaban J connectivity index is 2.01. The van der Waals surface area contributed by atoms with Crippen LogP contribution < -0.4 is 11.1 Å². The number of nitrogens with two attached hydrogens (primary N) is 1. The van der Waals surface area contributed by atoms with Gasteiger partial charge in [0.05, 0.1) is 0 Å². The summed E-state index contributed by atoms with van der Waals surface area (Å²) in [6.45, 7) is 11.1. The van der Waals surface area contributed by atoms with Gasteiger partial charge in [0.15, 0.2) is 0 Å². The summed E-state index contributed by atoms with van der Waals surface area (Å²) in [4.78, 5) is 12.2. The number of fused-ring (bicyclic) bond motifs is 2. The largest absolute Gasteiger partial charge is 0.352 e. The van der Waals surface area contributed by atoms with Gasteiger partial charge < -0.3 is 11.1 Å². The van der Waals surface area contributed by atoms with Gasteiger partial charge >= 0.3 is 0 Å². The summed E-state index contributed by atoms with van der Waals surface area (Å²) < 4.78 is 0. The van der Waals surface area contributed by atoms with E-state index in [1.807, 2.05) is 0 Å². The molecule has 3 heteroatoms. The molecule has 4 unspecified atom stereocenters. The van der Waals surface area contributed by atoms with Crippen LogP contribution >= 0.6 is 0 Å². The van der Waals surface area contributed by atoms with Crippen molar-refractivity contribution in [3.8, 4) is 0 Å². The fraction of sp³-hybridized carbons (Fsp3) is 0.938. The number of carbonyl (C=O) groups is 1. The van der Waals surface area contributed by atoms with E-state index in [-0.39, 0.29) is 17.4 Å². The van der Waals surface area contributed by atoms with Crippen molar-refractivity contribution in [1.29, 1.82) is 0 Å². The highest BCUT2D eigenvalue weighted by Gasteiger charge is 2.59. The minimum absolute atomic E-state index is 0.0329. The third-order valence-corrected chi connectivity index (χ3v) is 5.85. The van der Waals surface area contributed by atoms with E-state index < -0.39 is 0 Å². The van der Waals surface area contributed by atoms with Gasteiger partial charge in [-0.1, -0.05) is 34.6 Å². The molecule has 0 aromatic rings. The van der Waals surface area contributed by atoms with E-state index >= 15 is 0 Å². The molecule has 2 saturated carbocycles. The van der Waals surface area contributed by atoms with Gasteiger partial charge in [-0.05, 0) is 41.9 Å². The van der Waals surface area contributed by atoms with Crippen LogP contribution in [0.1, 0.15) is 60.3 Å². The van der Waals surface area contributed by atoms with E-state index in [2.05, 4.69) is 39.9 Å². The molecule has 2 rings (SSSR count). The molecule has 2 aliphatic rings. The molecule has 0 saturated heterocycles. The second kappa shape index (κ2) is 4.76. The summed E-state index contributed by atoms with van der Waals surface area (Å²) in [6, 6.07) is 0.278. The molecule has 2 bridgehead atoms. The summed E-state index contributed by atoms with van der Waals surface area (Å²) in [5.74, 6) is 1.25. The van der Waals surface area contributed by atoms with Crippen molar-refractivity contribution >= 4 is 5.91 Å². The van der Waals surface area contributed by atoms with E-state index in [0.717, 1.165) is 5.92 Å². The number of nitrogens with one attached hydrogen (secondary N) is 1. The molecule has 0 radical (unpaired) electrons. The van der Waals surface area contributed by atoms with Gasteiger partial charge in [-0.3, -0.25) is 4.79 Å². The van der Waals surface area contributed by atoms with Crippen LogP contribution in [-0.2, 0) is 4.79 Å². The molecule has 110 valence electrons. The first kappa shape index (κ1) is 14.8.